The number of carbonyl (C=O) groups is 1. The number of benzene rings is 1. The van der Waals surface area contributed by atoms with E-state index in [1.54, 1.807) is 0 Å². The highest BCUT2D eigenvalue weighted by Crippen LogP contribution is 2.20. The Kier molecular flexibility index (Phi) is 3.97. The minimum atomic E-state index is -0.155. The van der Waals surface area contributed by atoms with E-state index < -0.39 is 0 Å². The summed E-state index contributed by atoms with van der Waals surface area (Å²) in [6.07, 6.45) is 5.21. The number of nitrogens with one attached hydrogen (secondary N) is 2. The van der Waals surface area contributed by atoms with Crippen LogP contribution in [-0.2, 0) is 4.74 Å². The molecule has 0 atom stereocenters. The van der Waals surface area contributed by atoms with Crippen LogP contribution >= 0.6 is 0 Å². The number of para-hydroxylation sites is 1. The predicted octanol–water partition coefficient (Wildman–Crippen LogP) is 2.25. The summed E-state index contributed by atoms with van der Waals surface area (Å²) in [5.74, 6) is -0.155. The molecule has 0 unspecified atom stereocenters. The van der Waals surface area contributed by atoms with Gasteiger partial charge in [-0.3, -0.25) is 9.89 Å². The third-order valence-electron chi connectivity index (χ3n) is 3.73. The first kappa shape index (κ1) is 13.1. The first-order valence-corrected chi connectivity index (χ1v) is 7.17. The largest absolute Gasteiger partial charge is 0.376 e. The monoisotopic (exact) mass is 273 g/mol. The van der Waals surface area contributed by atoms with Gasteiger partial charge in [-0.15, -0.1) is 0 Å². The molecule has 1 saturated carbocycles. The van der Waals surface area contributed by atoms with Crippen LogP contribution in [0.25, 0.3) is 10.9 Å². The number of aromatic amines is 1. The zero-order chi connectivity index (χ0) is 13.8. The highest BCUT2D eigenvalue weighted by atomic mass is 16.5. The molecule has 1 amide bonds. The van der Waals surface area contributed by atoms with Crippen molar-refractivity contribution in [2.45, 2.75) is 31.8 Å². The minimum Gasteiger partial charge on any atom is -0.376 e. The standard InChI is InChI=1S/C15H19N3O2/c19-15(16-9-10-20-11-5-1-2-6-11)14-12-7-3-4-8-13(12)17-18-14/h3-4,7-8,11H,1-2,5-6,9-10H2,(H,16,19)(H,17,18). The van der Waals surface area contributed by atoms with E-state index in [-0.39, 0.29) is 5.91 Å². The molecule has 1 aliphatic rings. The average Bonchev–Trinajstić information content (AvgIpc) is 3.12. The van der Waals surface area contributed by atoms with Crippen LogP contribution in [0.15, 0.2) is 24.3 Å². The lowest BCUT2D eigenvalue weighted by Gasteiger charge is -2.11. The van der Waals surface area contributed by atoms with Gasteiger partial charge in [-0.2, -0.15) is 5.10 Å². The van der Waals surface area contributed by atoms with E-state index in [0.29, 0.717) is 24.9 Å². The zero-order valence-electron chi connectivity index (χ0n) is 11.4. The fraction of sp³-hybridized carbons (Fsp3) is 0.467. The lowest BCUT2D eigenvalue weighted by Crippen LogP contribution is -2.28. The van der Waals surface area contributed by atoms with Crippen LogP contribution in [0.4, 0.5) is 0 Å². The maximum atomic E-state index is 12.1. The Morgan fingerprint density at radius 3 is 3.00 bits per heavy atom. The van der Waals surface area contributed by atoms with Gasteiger partial charge in [-0.1, -0.05) is 31.0 Å². The van der Waals surface area contributed by atoms with Gasteiger partial charge in [0.1, 0.15) is 0 Å². The van der Waals surface area contributed by atoms with Crippen molar-refractivity contribution in [3.63, 3.8) is 0 Å². The molecule has 0 saturated heterocycles. The Labute approximate surface area is 117 Å². The zero-order valence-corrected chi connectivity index (χ0v) is 11.4. The van der Waals surface area contributed by atoms with E-state index in [4.69, 9.17) is 4.74 Å². The average molecular weight is 273 g/mol. The molecule has 2 aromatic rings. The van der Waals surface area contributed by atoms with Crippen molar-refractivity contribution in [1.82, 2.24) is 15.5 Å². The molecular formula is C15H19N3O2. The van der Waals surface area contributed by atoms with Gasteiger partial charge in [0.05, 0.1) is 18.2 Å². The molecule has 0 spiro atoms. The van der Waals surface area contributed by atoms with Gasteiger partial charge in [-0.25, -0.2) is 0 Å². The van der Waals surface area contributed by atoms with Crippen molar-refractivity contribution in [3.05, 3.63) is 30.0 Å². The highest BCUT2D eigenvalue weighted by molar-refractivity contribution is 6.04. The van der Waals surface area contributed by atoms with Crippen LogP contribution in [0.3, 0.4) is 0 Å². The van der Waals surface area contributed by atoms with Gasteiger partial charge in [0, 0.05) is 11.9 Å². The summed E-state index contributed by atoms with van der Waals surface area (Å²) in [6, 6.07) is 7.61. The van der Waals surface area contributed by atoms with Crippen LogP contribution in [0.2, 0.25) is 0 Å². The van der Waals surface area contributed by atoms with E-state index in [2.05, 4.69) is 15.5 Å². The van der Waals surface area contributed by atoms with Crippen molar-refractivity contribution >= 4 is 16.8 Å². The molecule has 1 aromatic carbocycles. The van der Waals surface area contributed by atoms with Crippen LogP contribution in [0.1, 0.15) is 36.2 Å². The van der Waals surface area contributed by atoms with E-state index in [9.17, 15) is 4.79 Å². The minimum absolute atomic E-state index is 0.155. The second-order valence-electron chi connectivity index (χ2n) is 5.15. The van der Waals surface area contributed by atoms with Gasteiger partial charge >= 0.3 is 0 Å². The molecule has 2 N–H and O–H groups in total. The number of hydrogen-bond acceptors (Lipinski definition) is 3. The Hall–Kier alpha value is -1.88. The molecule has 0 bridgehead atoms. The molecule has 0 aliphatic heterocycles. The fourth-order valence-corrected chi connectivity index (χ4v) is 2.67. The number of hydrogen-bond donors (Lipinski definition) is 2. The van der Waals surface area contributed by atoms with Crippen molar-refractivity contribution in [3.8, 4) is 0 Å². The smallest absolute Gasteiger partial charge is 0.272 e. The molecular weight excluding hydrogens is 254 g/mol. The number of aromatic nitrogens is 2. The third-order valence-corrected chi connectivity index (χ3v) is 3.73. The van der Waals surface area contributed by atoms with Gasteiger partial charge in [0.2, 0.25) is 0 Å². The van der Waals surface area contributed by atoms with Crippen molar-refractivity contribution in [2.75, 3.05) is 13.2 Å². The second-order valence-corrected chi connectivity index (χ2v) is 5.15. The summed E-state index contributed by atoms with van der Waals surface area (Å²) in [4.78, 5) is 12.1. The van der Waals surface area contributed by atoms with Crippen LogP contribution in [-0.4, -0.2) is 35.4 Å². The molecule has 0 radical (unpaired) electrons. The second kappa shape index (κ2) is 6.05. The highest BCUT2D eigenvalue weighted by Gasteiger charge is 2.16. The maximum Gasteiger partial charge on any atom is 0.272 e. The first-order chi connectivity index (χ1) is 9.84. The van der Waals surface area contributed by atoms with Crippen LogP contribution in [0.5, 0.6) is 0 Å². The Balaban J connectivity index is 1.51. The van der Waals surface area contributed by atoms with Crippen LogP contribution in [0, 0.1) is 0 Å². The molecule has 3 rings (SSSR count). The first-order valence-electron chi connectivity index (χ1n) is 7.17. The summed E-state index contributed by atoms with van der Waals surface area (Å²) in [5, 5.41) is 10.6. The molecule has 20 heavy (non-hydrogen) atoms. The predicted molar refractivity (Wildman–Crippen MR) is 76.6 cm³/mol. The number of carbonyl (C=O) groups excluding carboxylic acids is 1. The number of amides is 1. The van der Waals surface area contributed by atoms with E-state index in [0.717, 1.165) is 23.7 Å². The Morgan fingerprint density at radius 1 is 1.35 bits per heavy atom. The van der Waals surface area contributed by atoms with Gasteiger partial charge in [0.25, 0.3) is 5.91 Å². The van der Waals surface area contributed by atoms with E-state index >= 15 is 0 Å². The normalized spacial score (nSPS) is 15.8. The van der Waals surface area contributed by atoms with E-state index in [1.165, 1.54) is 12.8 Å². The topological polar surface area (TPSA) is 67.0 Å². The summed E-state index contributed by atoms with van der Waals surface area (Å²) in [5.41, 5.74) is 1.32. The SMILES string of the molecule is O=C(NCCOC1CCCC1)c1n[nH]c2ccccc12. The number of nitrogens with zero attached hydrogens (tertiary/aromatic N) is 1. The maximum absolute atomic E-state index is 12.1. The van der Waals surface area contributed by atoms with Gasteiger partial charge in [0.15, 0.2) is 5.69 Å². The number of H-pyrrole nitrogens is 1. The Morgan fingerprint density at radius 2 is 2.15 bits per heavy atom. The van der Waals surface area contributed by atoms with Crippen LogP contribution < -0.4 is 5.32 Å². The third kappa shape index (κ3) is 2.82. The fourth-order valence-electron chi connectivity index (χ4n) is 2.67. The molecule has 1 heterocycles. The van der Waals surface area contributed by atoms with E-state index in [1.807, 2.05) is 24.3 Å². The molecule has 1 aromatic heterocycles. The van der Waals surface area contributed by atoms with Crippen molar-refractivity contribution < 1.29 is 9.53 Å². The summed E-state index contributed by atoms with van der Waals surface area (Å²) in [7, 11) is 0. The van der Waals surface area contributed by atoms with Crippen molar-refractivity contribution in [1.29, 1.82) is 0 Å². The summed E-state index contributed by atoms with van der Waals surface area (Å²) < 4.78 is 5.72. The summed E-state index contributed by atoms with van der Waals surface area (Å²) >= 11 is 0. The lowest BCUT2D eigenvalue weighted by molar-refractivity contribution is 0.0581. The molecule has 1 fully saturated rings. The number of fused-ring (bicyclic) bond motifs is 1. The molecule has 106 valence electrons. The van der Waals surface area contributed by atoms with Crippen molar-refractivity contribution in [2.24, 2.45) is 0 Å². The summed E-state index contributed by atoms with van der Waals surface area (Å²) in [6.45, 7) is 1.09. The van der Waals surface area contributed by atoms with Gasteiger partial charge in [-0.05, 0) is 18.9 Å². The Bertz CT molecular complexity index is 588. The molecule has 1 aliphatic carbocycles. The number of rotatable bonds is 5. The quantitative estimate of drug-likeness (QED) is 0.821. The van der Waals surface area contributed by atoms with Gasteiger partial charge < -0.3 is 10.1 Å². The lowest BCUT2D eigenvalue weighted by atomic mass is 10.2. The molecule has 5 heteroatoms. The molecule has 5 nitrogen and oxygen atoms in total. The number of ether oxygens (including phenoxy) is 1.